The molecule has 7 heteroatoms. The lowest BCUT2D eigenvalue weighted by Crippen LogP contribution is -2.45. The second-order valence-electron chi connectivity index (χ2n) is 6.49. The minimum Gasteiger partial charge on any atom is -0.497 e. The van der Waals surface area contributed by atoms with Crippen molar-refractivity contribution < 1.29 is 9.26 Å². The van der Waals surface area contributed by atoms with Crippen molar-refractivity contribution in [1.29, 1.82) is 0 Å². The van der Waals surface area contributed by atoms with Gasteiger partial charge in [-0.15, -0.1) is 0 Å². The van der Waals surface area contributed by atoms with Crippen LogP contribution in [0.1, 0.15) is 17.4 Å². The van der Waals surface area contributed by atoms with E-state index in [4.69, 9.17) is 20.9 Å². The molecule has 0 aliphatic carbocycles. The summed E-state index contributed by atoms with van der Waals surface area (Å²) in [6.07, 6.45) is 0. The summed E-state index contributed by atoms with van der Waals surface area (Å²) in [6.45, 7) is 3.33. The van der Waals surface area contributed by atoms with Crippen LogP contribution < -0.4 is 10.1 Å². The predicted octanol–water partition coefficient (Wildman–Crippen LogP) is 3.55. The molecule has 1 aliphatic heterocycles. The zero-order valence-electron chi connectivity index (χ0n) is 15.1. The molecule has 0 spiro atoms. The molecule has 1 aromatic heterocycles. The number of nitrogens with zero attached hydrogens (tertiary/aromatic N) is 3. The minimum absolute atomic E-state index is 0.223. The number of piperazine rings is 1. The standard InChI is InChI=1S/C20H21ClN4O2/c1-26-17-7-5-14(6-8-17)20-23-19(24-27-20)13-25-10-9-22-12-18(25)15-3-2-4-16(21)11-15/h2-8,11,18,22H,9-10,12-13H2,1H3. The van der Waals surface area contributed by atoms with E-state index in [9.17, 15) is 0 Å². The largest absolute Gasteiger partial charge is 0.497 e. The molecule has 2 heterocycles. The second kappa shape index (κ2) is 8.08. The molecule has 27 heavy (non-hydrogen) atoms. The molecule has 0 amide bonds. The highest BCUT2D eigenvalue weighted by atomic mass is 35.5. The van der Waals surface area contributed by atoms with Crippen molar-refractivity contribution in [3.8, 4) is 17.2 Å². The summed E-state index contributed by atoms with van der Waals surface area (Å²) in [4.78, 5) is 6.92. The molecule has 1 fully saturated rings. The Morgan fingerprint density at radius 1 is 1.26 bits per heavy atom. The van der Waals surface area contributed by atoms with Gasteiger partial charge >= 0.3 is 0 Å². The second-order valence-corrected chi connectivity index (χ2v) is 6.93. The molecule has 1 N–H and O–H groups in total. The number of hydrogen-bond donors (Lipinski definition) is 1. The minimum atomic E-state index is 0.223. The number of hydrogen-bond acceptors (Lipinski definition) is 6. The van der Waals surface area contributed by atoms with Crippen molar-refractivity contribution in [2.75, 3.05) is 26.7 Å². The first-order chi connectivity index (χ1) is 13.2. The van der Waals surface area contributed by atoms with Crippen LogP contribution in [-0.4, -0.2) is 41.8 Å². The van der Waals surface area contributed by atoms with Crippen molar-refractivity contribution >= 4 is 11.6 Å². The zero-order valence-corrected chi connectivity index (χ0v) is 15.8. The van der Waals surface area contributed by atoms with Gasteiger partial charge in [-0.05, 0) is 42.0 Å². The van der Waals surface area contributed by atoms with Crippen LogP contribution in [0.4, 0.5) is 0 Å². The number of ether oxygens (including phenoxy) is 1. The Balaban J connectivity index is 1.51. The maximum Gasteiger partial charge on any atom is 0.257 e. The smallest absolute Gasteiger partial charge is 0.257 e. The summed E-state index contributed by atoms with van der Waals surface area (Å²) < 4.78 is 10.6. The highest BCUT2D eigenvalue weighted by molar-refractivity contribution is 6.30. The topological polar surface area (TPSA) is 63.4 Å². The van der Waals surface area contributed by atoms with Gasteiger partial charge in [0.2, 0.25) is 0 Å². The van der Waals surface area contributed by atoms with Crippen molar-refractivity contribution in [3.05, 3.63) is 64.9 Å². The van der Waals surface area contributed by atoms with Crippen LogP contribution in [0.5, 0.6) is 5.75 Å². The van der Waals surface area contributed by atoms with Crippen molar-refractivity contribution in [2.45, 2.75) is 12.6 Å². The van der Waals surface area contributed by atoms with Gasteiger partial charge < -0.3 is 14.6 Å². The fourth-order valence-electron chi connectivity index (χ4n) is 3.33. The third-order valence-electron chi connectivity index (χ3n) is 4.74. The number of aromatic nitrogens is 2. The van der Waals surface area contributed by atoms with Crippen molar-refractivity contribution in [3.63, 3.8) is 0 Å². The predicted molar refractivity (Wildman–Crippen MR) is 104 cm³/mol. The van der Waals surface area contributed by atoms with E-state index in [1.165, 1.54) is 5.56 Å². The lowest BCUT2D eigenvalue weighted by atomic mass is 10.0. The van der Waals surface area contributed by atoms with Gasteiger partial charge in [0.25, 0.3) is 5.89 Å². The zero-order chi connectivity index (χ0) is 18.6. The molecule has 6 nitrogen and oxygen atoms in total. The molecule has 4 rings (SSSR count). The highest BCUT2D eigenvalue weighted by Crippen LogP contribution is 2.26. The van der Waals surface area contributed by atoms with Crippen molar-refractivity contribution in [1.82, 2.24) is 20.4 Å². The summed E-state index contributed by atoms with van der Waals surface area (Å²) in [5.74, 6) is 1.99. The molecule has 1 saturated heterocycles. The van der Waals surface area contributed by atoms with Crippen LogP contribution in [0.2, 0.25) is 5.02 Å². The van der Waals surface area contributed by atoms with E-state index in [-0.39, 0.29) is 6.04 Å². The number of rotatable bonds is 5. The Kier molecular flexibility index (Phi) is 5.38. The van der Waals surface area contributed by atoms with E-state index in [1.54, 1.807) is 7.11 Å². The molecule has 1 atom stereocenters. The maximum absolute atomic E-state index is 6.18. The molecule has 1 aliphatic rings. The van der Waals surface area contributed by atoms with E-state index in [0.717, 1.165) is 36.0 Å². The van der Waals surface area contributed by atoms with Crippen LogP contribution >= 0.6 is 11.6 Å². The van der Waals surface area contributed by atoms with E-state index in [2.05, 4.69) is 26.4 Å². The van der Waals surface area contributed by atoms with Gasteiger partial charge in [-0.2, -0.15) is 4.98 Å². The monoisotopic (exact) mass is 384 g/mol. The van der Waals surface area contributed by atoms with Crippen LogP contribution in [0.3, 0.4) is 0 Å². The third kappa shape index (κ3) is 4.13. The Bertz CT molecular complexity index is 897. The maximum atomic E-state index is 6.18. The summed E-state index contributed by atoms with van der Waals surface area (Å²) in [6, 6.07) is 15.8. The first-order valence-corrected chi connectivity index (χ1v) is 9.28. The molecular weight excluding hydrogens is 364 g/mol. The van der Waals surface area contributed by atoms with E-state index in [0.29, 0.717) is 18.3 Å². The highest BCUT2D eigenvalue weighted by Gasteiger charge is 2.25. The molecular formula is C20H21ClN4O2. The number of methoxy groups -OCH3 is 1. The lowest BCUT2D eigenvalue weighted by molar-refractivity contribution is 0.148. The van der Waals surface area contributed by atoms with Gasteiger partial charge in [0.15, 0.2) is 5.82 Å². The number of halogens is 1. The number of benzene rings is 2. The molecule has 0 saturated carbocycles. The molecule has 0 bridgehead atoms. The van der Waals surface area contributed by atoms with Gasteiger partial charge in [0.05, 0.1) is 13.7 Å². The Hall–Kier alpha value is -2.41. The first kappa shape index (κ1) is 18.0. The van der Waals surface area contributed by atoms with Crippen molar-refractivity contribution in [2.24, 2.45) is 0 Å². The van der Waals surface area contributed by atoms with Crippen LogP contribution in [0, 0.1) is 0 Å². The average molecular weight is 385 g/mol. The quantitative estimate of drug-likeness (QED) is 0.725. The van der Waals surface area contributed by atoms with E-state index >= 15 is 0 Å². The summed E-state index contributed by atoms with van der Waals surface area (Å²) in [5, 5.41) is 8.37. The van der Waals surface area contributed by atoms with E-state index in [1.807, 2.05) is 42.5 Å². The molecule has 140 valence electrons. The molecule has 2 aromatic carbocycles. The molecule has 3 aromatic rings. The van der Waals surface area contributed by atoms with E-state index < -0.39 is 0 Å². The Morgan fingerprint density at radius 3 is 2.89 bits per heavy atom. The summed E-state index contributed by atoms with van der Waals surface area (Å²) in [5.41, 5.74) is 2.06. The van der Waals surface area contributed by atoms with Gasteiger partial charge in [0, 0.05) is 36.3 Å². The Labute approximate surface area is 163 Å². The van der Waals surface area contributed by atoms with Gasteiger partial charge in [-0.25, -0.2) is 0 Å². The Morgan fingerprint density at radius 2 is 2.11 bits per heavy atom. The fourth-order valence-corrected chi connectivity index (χ4v) is 3.53. The fraction of sp³-hybridized carbons (Fsp3) is 0.300. The first-order valence-electron chi connectivity index (χ1n) is 8.90. The van der Waals surface area contributed by atoms with Crippen LogP contribution in [0.15, 0.2) is 53.1 Å². The van der Waals surface area contributed by atoms with Gasteiger partial charge in [-0.3, -0.25) is 4.90 Å². The molecule has 0 radical (unpaired) electrons. The summed E-state index contributed by atoms with van der Waals surface area (Å²) in [7, 11) is 1.64. The normalized spacial score (nSPS) is 17.8. The SMILES string of the molecule is COc1ccc(-c2nc(CN3CCNCC3c3cccc(Cl)c3)no2)cc1. The number of nitrogens with one attached hydrogen (secondary N) is 1. The lowest BCUT2D eigenvalue weighted by Gasteiger charge is -2.35. The van der Waals surface area contributed by atoms with Gasteiger partial charge in [0.1, 0.15) is 5.75 Å². The average Bonchev–Trinajstić information content (AvgIpc) is 3.17. The summed E-state index contributed by atoms with van der Waals surface area (Å²) >= 11 is 6.18. The molecule has 1 unspecified atom stereocenters. The van der Waals surface area contributed by atoms with Crippen LogP contribution in [-0.2, 0) is 6.54 Å². The third-order valence-corrected chi connectivity index (χ3v) is 4.97. The van der Waals surface area contributed by atoms with Crippen LogP contribution in [0.25, 0.3) is 11.5 Å². The van der Waals surface area contributed by atoms with Gasteiger partial charge in [-0.1, -0.05) is 28.9 Å².